The molecule has 7 heteroatoms. The van der Waals surface area contributed by atoms with Crippen molar-refractivity contribution in [2.45, 2.75) is 38.6 Å². The van der Waals surface area contributed by atoms with Crippen molar-refractivity contribution in [2.24, 2.45) is 0 Å². The van der Waals surface area contributed by atoms with E-state index in [2.05, 4.69) is 14.9 Å². The second-order valence-electron chi connectivity index (χ2n) is 7.80. The van der Waals surface area contributed by atoms with Crippen LogP contribution in [-0.2, 0) is 24.2 Å². The summed E-state index contributed by atoms with van der Waals surface area (Å²) in [5, 5.41) is 2.97. The molecule has 0 bridgehead atoms. The van der Waals surface area contributed by atoms with Gasteiger partial charge in [-0.3, -0.25) is 4.79 Å². The number of nitrogens with one attached hydrogen (secondary N) is 1. The second kappa shape index (κ2) is 9.77. The van der Waals surface area contributed by atoms with Gasteiger partial charge in [-0.1, -0.05) is 6.07 Å². The van der Waals surface area contributed by atoms with Crippen molar-refractivity contribution in [3.63, 3.8) is 0 Å². The first-order chi connectivity index (χ1) is 15.6. The second-order valence-corrected chi connectivity index (χ2v) is 7.80. The van der Waals surface area contributed by atoms with Gasteiger partial charge in [0.2, 0.25) is 11.7 Å². The maximum absolute atomic E-state index is 12.5. The molecule has 1 aromatic heterocycles. The molecule has 7 nitrogen and oxygen atoms in total. The fourth-order valence-electron chi connectivity index (χ4n) is 4.20. The third kappa shape index (κ3) is 4.42. The number of carbonyl (C=O) groups excluding carboxylic acids is 1. The molecule has 32 heavy (non-hydrogen) atoms. The van der Waals surface area contributed by atoms with Crippen molar-refractivity contribution in [3.8, 4) is 28.6 Å². The van der Waals surface area contributed by atoms with Gasteiger partial charge in [-0.2, -0.15) is 0 Å². The van der Waals surface area contributed by atoms with Crippen molar-refractivity contribution in [1.29, 1.82) is 0 Å². The fourth-order valence-corrected chi connectivity index (χ4v) is 4.20. The van der Waals surface area contributed by atoms with Crippen LogP contribution in [0.25, 0.3) is 11.4 Å². The quantitative estimate of drug-likeness (QED) is 0.565. The summed E-state index contributed by atoms with van der Waals surface area (Å²) >= 11 is 0. The summed E-state index contributed by atoms with van der Waals surface area (Å²) in [5.41, 5.74) is 4.02. The van der Waals surface area contributed by atoms with Gasteiger partial charge in [0.05, 0.1) is 21.3 Å². The van der Waals surface area contributed by atoms with E-state index in [-0.39, 0.29) is 5.91 Å². The predicted molar refractivity (Wildman–Crippen MR) is 124 cm³/mol. The number of ether oxygens (including phenoxy) is 3. The molecule has 1 aliphatic rings. The zero-order chi connectivity index (χ0) is 22.5. The van der Waals surface area contributed by atoms with Gasteiger partial charge in [0.15, 0.2) is 11.5 Å². The van der Waals surface area contributed by atoms with Gasteiger partial charge < -0.3 is 24.1 Å². The van der Waals surface area contributed by atoms with E-state index in [1.54, 1.807) is 21.3 Å². The van der Waals surface area contributed by atoms with E-state index in [4.69, 9.17) is 14.2 Å². The number of carbonyl (C=O) groups is 1. The van der Waals surface area contributed by atoms with Crippen molar-refractivity contribution >= 4 is 11.6 Å². The molecule has 0 spiro atoms. The molecule has 0 aliphatic carbocycles. The molecule has 168 valence electrons. The van der Waals surface area contributed by atoms with E-state index in [0.717, 1.165) is 35.6 Å². The van der Waals surface area contributed by atoms with Gasteiger partial charge >= 0.3 is 0 Å². The van der Waals surface area contributed by atoms with Gasteiger partial charge in [-0.05, 0) is 61.6 Å². The lowest BCUT2D eigenvalue weighted by atomic mass is 10.1. The highest BCUT2D eigenvalue weighted by molar-refractivity contribution is 5.91. The van der Waals surface area contributed by atoms with Crippen LogP contribution < -0.4 is 19.5 Å². The maximum Gasteiger partial charge on any atom is 0.224 e. The average Bonchev–Trinajstić information content (AvgIpc) is 3.26. The molecule has 0 saturated heterocycles. The summed E-state index contributed by atoms with van der Waals surface area (Å²) in [4.78, 5) is 17.2. The highest BCUT2D eigenvalue weighted by Gasteiger charge is 2.17. The highest BCUT2D eigenvalue weighted by atomic mass is 16.5. The molecular weight excluding hydrogens is 406 g/mol. The number of rotatable bonds is 8. The Balaban J connectivity index is 1.39. The fraction of sp³-hybridized carbons (Fsp3) is 0.360. The number of hydrogen-bond donors (Lipinski definition) is 1. The van der Waals surface area contributed by atoms with Crippen LogP contribution in [0.3, 0.4) is 0 Å². The number of nitrogens with zero attached hydrogens (tertiary/aromatic N) is 2. The Bertz CT molecular complexity index is 1090. The molecule has 2 heterocycles. The molecule has 0 saturated carbocycles. The molecule has 0 atom stereocenters. The Kier molecular flexibility index (Phi) is 6.63. The van der Waals surface area contributed by atoms with Crippen LogP contribution >= 0.6 is 0 Å². The first kappa shape index (κ1) is 21.7. The van der Waals surface area contributed by atoms with Crippen LogP contribution in [0, 0.1) is 0 Å². The number of aromatic nitrogens is 2. The van der Waals surface area contributed by atoms with Crippen LogP contribution in [0.15, 0.2) is 42.6 Å². The molecule has 3 aromatic rings. The lowest BCUT2D eigenvalue weighted by Crippen LogP contribution is -2.13. The van der Waals surface area contributed by atoms with E-state index in [9.17, 15) is 4.79 Å². The third-order valence-electron chi connectivity index (χ3n) is 5.84. The summed E-state index contributed by atoms with van der Waals surface area (Å²) < 4.78 is 18.5. The van der Waals surface area contributed by atoms with Crippen molar-refractivity contribution in [2.75, 3.05) is 26.6 Å². The first-order valence-electron chi connectivity index (χ1n) is 10.9. The molecule has 4 rings (SSSR count). The van der Waals surface area contributed by atoms with Gasteiger partial charge in [0.1, 0.15) is 5.82 Å². The van der Waals surface area contributed by atoms with Crippen molar-refractivity contribution in [3.05, 3.63) is 53.9 Å². The lowest BCUT2D eigenvalue weighted by Gasteiger charge is -2.16. The van der Waals surface area contributed by atoms with Gasteiger partial charge in [0, 0.05) is 36.1 Å². The maximum atomic E-state index is 12.5. The minimum absolute atomic E-state index is 0.0622. The van der Waals surface area contributed by atoms with E-state index >= 15 is 0 Å². The van der Waals surface area contributed by atoms with E-state index in [0.29, 0.717) is 30.1 Å². The van der Waals surface area contributed by atoms with E-state index < -0.39 is 0 Å². The Morgan fingerprint density at radius 3 is 2.50 bits per heavy atom. The minimum Gasteiger partial charge on any atom is -0.493 e. The molecular formula is C25H29N3O4. The van der Waals surface area contributed by atoms with Crippen LogP contribution in [0.4, 0.5) is 5.69 Å². The number of methoxy groups -OCH3 is 3. The van der Waals surface area contributed by atoms with Gasteiger partial charge in [0.25, 0.3) is 0 Å². The Morgan fingerprint density at radius 2 is 1.78 bits per heavy atom. The number of amides is 1. The predicted octanol–water partition coefficient (Wildman–Crippen LogP) is 4.48. The first-order valence-corrected chi connectivity index (χ1v) is 10.9. The Labute approximate surface area is 188 Å². The van der Waals surface area contributed by atoms with Crippen LogP contribution in [-0.4, -0.2) is 36.8 Å². The molecule has 1 N–H and O–H groups in total. The molecule has 0 unspecified atom stereocenters. The number of imidazole rings is 1. The largest absolute Gasteiger partial charge is 0.493 e. The van der Waals surface area contributed by atoms with Crippen molar-refractivity contribution < 1.29 is 19.0 Å². The molecule has 1 aliphatic heterocycles. The van der Waals surface area contributed by atoms with Gasteiger partial charge in [-0.15, -0.1) is 0 Å². The zero-order valence-electron chi connectivity index (χ0n) is 18.8. The summed E-state index contributed by atoms with van der Waals surface area (Å²) in [5.74, 6) is 2.65. The van der Waals surface area contributed by atoms with Gasteiger partial charge in [-0.25, -0.2) is 4.98 Å². The van der Waals surface area contributed by atoms with Crippen LogP contribution in [0.5, 0.6) is 17.2 Å². The van der Waals surface area contributed by atoms with Crippen LogP contribution in [0.1, 0.15) is 30.5 Å². The Hall–Kier alpha value is -3.48. The summed E-state index contributed by atoms with van der Waals surface area (Å²) in [6.07, 6.45) is 6.33. The molecule has 1 amide bonds. The zero-order valence-corrected chi connectivity index (χ0v) is 18.8. The molecule has 2 aromatic carbocycles. The monoisotopic (exact) mass is 435 g/mol. The summed E-state index contributed by atoms with van der Waals surface area (Å²) in [7, 11) is 4.73. The highest BCUT2D eigenvalue weighted by Crippen LogP contribution is 2.40. The SMILES string of the molecule is COc1ccc(CCC(=O)Nc2ccc(-c3ncc4n3CCCC4)cc2)c(OC)c1OC. The average molecular weight is 436 g/mol. The molecule has 0 radical (unpaired) electrons. The number of hydrogen-bond acceptors (Lipinski definition) is 5. The topological polar surface area (TPSA) is 74.6 Å². The van der Waals surface area contributed by atoms with E-state index in [1.165, 1.54) is 18.5 Å². The third-order valence-corrected chi connectivity index (χ3v) is 5.84. The number of fused-ring (bicyclic) bond motifs is 1. The minimum atomic E-state index is -0.0622. The standard InChI is InChI=1S/C25H29N3O4/c1-30-21-13-9-17(23(31-2)24(21)32-3)10-14-22(29)27-19-11-7-18(8-12-19)25-26-16-20-6-4-5-15-28(20)25/h7-9,11-13,16H,4-6,10,14-15H2,1-3H3,(H,27,29). The van der Waals surface area contributed by atoms with Crippen molar-refractivity contribution in [1.82, 2.24) is 9.55 Å². The molecule has 0 fully saturated rings. The van der Waals surface area contributed by atoms with E-state index in [1.807, 2.05) is 42.6 Å². The summed E-state index contributed by atoms with van der Waals surface area (Å²) in [6, 6.07) is 11.6. The number of aryl methyl sites for hydroxylation is 2. The lowest BCUT2D eigenvalue weighted by molar-refractivity contribution is -0.116. The van der Waals surface area contributed by atoms with Crippen LogP contribution in [0.2, 0.25) is 0 Å². The summed E-state index contributed by atoms with van der Waals surface area (Å²) in [6.45, 7) is 1.02. The number of benzene rings is 2. The smallest absolute Gasteiger partial charge is 0.224 e. The number of anilines is 1. The normalized spacial score (nSPS) is 12.7. The Morgan fingerprint density at radius 1 is 1.00 bits per heavy atom.